The van der Waals surface area contributed by atoms with Gasteiger partial charge in [-0.3, -0.25) is 4.79 Å². The Morgan fingerprint density at radius 1 is 1.30 bits per heavy atom. The Labute approximate surface area is 115 Å². The van der Waals surface area contributed by atoms with E-state index in [0.717, 1.165) is 17.1 Å². The highest BCUT2D eigenvalue weighted by molar-refractivity contribution is 7.89. The van der Waals surface area contributed by atoms with Gasteiger partial charge >= 0.3 is 0 Å². The van der Waals surface area contributed by atoms with Crippen LogP contribution in [0.4, 0.5) is 8.78 Å². The molecule has 0 saturated heterocycles. The fourth-order valence-corrected chi connectivity index (χ4v) is 2.82. The quantitative estimate of drug-likeness (QED) is 0.877. The van der Waals surface area contributed by atoms with Crippen LogP contribution in [0.3, 0.4) is 0 Å². The van der Waals surface area contributed by atoms with E-state index in [1.54, 1.807) is 0 Å². The second kappa shape index (κ2) is 5.45. The van der Waals surface area contributed by atoms with Gasteiger partial charge in [0.05, 0.1) is 11.4 Å². The Bertz CT molecular complexity index is 609. The number of carbonyl (C=O) groups excluding carboxylic acids is 1. The number of sulfonamides is 1. The molecule has 1 N–H and O–H groups in total. The van der Waals surface area contributed by atoms with Gasteiger partial charge in [0.1, 0.15) is 11.6 Å². The number of nitrogens with zero attached hydrogens (tertiary/aromatic N) is 1. The van der Waals surface area contributed by atoms with Crippen LogP contribution in [-0.4, -0.2) is 38.3 Å². The number of carbonyl (C=O) groups is 1. The molecule has 0 radical (unpaired) electrons. The highest BCUT2D eigenvalue weighted by Crippen LogP contribution is 2.19. The molecule has 0 aromatic heterocycles. The van der Waals surface area contributed by atoms with Crippen molar-refractivity contribution in [2.75, 3.05) is 13.6 Å². The maximum absolute atomic E-state index is 13.1. The fourth-order valence-electron chi connectivity index (χ4n) is 1.65. The number of nitrogens with one attached hydrogen (secondary N) is 1. The summed E-state index contributed by atoms with van der Waals surface area (Å²) in [7, 11) is -2.92. The molecule has 0 atom stereocenters. The SMILES string of the molecule is CN(CC(=O)NC1CC1)S(=O)(=O)c1cc(F)cc(F)c1. The number of halogens is 2. The Morgan fingerprint density at radius 3 is 2.35 bits per heavy atom. The molecule has 1 aromatic rings. The second-order valence-corrected chi connectivity index (χ2v) is 6.75. The zero-order valence-electron chi connectivity index (χ0n) is 10.8. The fraction of sp³-hybridized carbons (Fsp3) is 0.417. The van der Waals surface area contributed by atoms with E-state index in [1.165, 1.54) is 7.05 Å². The van der Waals surface area contributed by atoms with Crippen LogP contribution in [0.25, 0.3) is 0 Å². The second-order valence-electron chi connectivity index (χ2n) is 4.71. The van der Waals surface area contributed by atoms with Gasteiger partial charge in [0.15, 0.2) is 0 Å². The zero-order valence-corrected chi connectivity index (χ0v) is 11.6. The predicted molar refractivity (Wildman–Crippen MR) is 67.3 cm³/mol. The Morgan fingerprint density at radius 2 is 1.85 bits per heavy atom. The number of rotatable bonds is 5. The van der Waals surface area contributed by atoms with E-state index >= 15 is 0 Å². The van der Waals surface area contributed by atoms with Gasteiger partial charge in [-0.2, -0.15) is 4.31 Å². The lowest BCUT2D eigenvalue weighted by atomic mass is 10.3. The van der Waals surface area contributed by atoms with E-state index < -0.39 is 39.0 Å². The summed E-state index contributed by atoms with van der Waals surface area (Å²) in [5.74, 6) is -2.41. The average molecular weight is 304 g/mol. The van der Waals surface area contributed by atoms with Crippen molar-refractivity contribution in [2.45, 2.75) is 23.8 Å². The van der Waals surface area contributed by atoms with Gasteiger partial charge < -0.3 is 5.32 Å². The molecule has 0 spiro atoms. The zero-order chi connectivity index (χ0) is 14.9. The lowest BCUT2D eigenvalue weighted by Gasteiger charge is -2.17. The molecule has 0 aliphatic heterocycles. The van der Waals surface area contributed by atoms with E-state index in [1.807, 2.05) is 0 Å². The molecule has 8 heteroatoms. The predicted octanol–water partition coefficient (Wildman–Crippen LogP) is 0.864. The summed E-state index contributed by atoms with van der Waals surface area (Å²) in [4.78, 5) is 11.0. The van der Waals surface area contributed by atoms with Crippen molar-refractivity contribution in [1.82, 2.24) is 9.62 Å². The minimum atomic E-state index is -4.10. The molecule has 1 saturated carbocycles. The number of likely N-dealkylation sites (N-methyl/N-ethyl adjacent to an activating group) is 1. The third-order valence-corrected chi connectivity index (χ3v) is 4.63. The van der Waals surface area contributed by atoms with Gasteiger partial charge in [-0.25, -0.2) is 17.2 Å². The Kier molecular flexibility index (Phi) is 4.05. The van der Waals surface area contributed by atoms with Gasteiger partial charge in [0.2, 0.25) is 15.9 Å². The van der Waals surface area contributed by atoms with Gasteiger partial charge in [-0.1, -0.05) is 0 Å². The van der Waals surface area contributed by atoms with E-state index in [-0.39, 0.29) is 6.04 Å². The number of hydrogen-bond acceptors (Lipinski definition) is 3. The van der Waals surface area contributed by atoms with Gasteiger partial charge in [0.25, 0.3) is 0 Å². The summed E-state index contributed by atoms with van der Waals surface area (Å²) in [6.45, 7) is -0.392. The normalized spacial score (nSPS) is 15.4. The Balaban J connectivity index is 2.13. The minimum Gasteiger partial charge on any atom is -0.352 e. The molecule has 0 unspecified atom stereocenters. The molecule has 1 aliphatic carbocycles. The molecule has 5 nitrogen and oxygen atoms in total. The van der Waals surface area contributed by atoms with E-state index in [0.29, 0.717) is 18.2 Å². The van der Waals surface area contributed by atoms with Gasteiger partial charge in [0, 0.05) is 19.2 Å². The van der Waals surface area contributed by atoms with Crippen LogP contribution in [0.5, 0.6) is 0 Å². The first-order valence-electron chi connectivity index (χ1n) is 6.01. The molecular weight excluding hydrogens is 290 g/mol. The third-order valence-electron chi connectivity index (χ3n) is 2.85. The molecule has 1 aromatic carbocycles. The first-order valence-corrected chi connectivity index (χ1v) is 7.45. The lowest BCUT2D eigenvalue weighted by molar-refractivity contribution is -0.121. The summed E-state index contributed by atoms with van der Waals surface area (Å²) >= 11 is 0. The van der Waals surface area contributed by atoms with Crippen LogP contribution in [0.2, 0.25) is 0 Å². The highest BCUT2D eigenvalue weighted by Gasteiger charge is 2.27. The van der Waals surface area contributed by atoms with Crippen molar-refractivity contribution in [1.29, 1.82) is 0 Å². The first-order chi connectivity index (χ1) is 9.29. The molecule has 2 rings (SSSR count). The van der Waals surface area contributed by atoms with Crippen molar-refractivity contribution in [2.24, 2.45) is 0 Å². The summed E-state index contributed by atoms with van der Waals surface area (Å²) < 4.78 is 51.1. The molecule has 110 valence electrons. The molecular formula is C12H14F2N2O3S. The average Bonchev–Trinajstić information content (AvgIpc) is 3.11. The Hall–Kier alpha value is -1.54. The molecule has 0 heterocycles. The summed E-state index contributed by atoms with van der Waals surface area (Å²) in [6, 6.07) is 2.13. The molecule has 0 bridgehead atoms. The number of benzene rings is 1. The monoisotopic (exact) mass is 304 g/mol. The van der Waals surface area contributed by atoms with Gasteiger partial charge in [-0.15, -0.1) is 0 Å². The third kappa shape index (κ3) is 3.51. The van der Waals surface area contributed by atoms with Gasteiger partial charge in [-0.05, 0) is 25.0 Å². The first kappa shape index (κ1) is 14.9. The van der Waals surface area contributed by atoms with Crippen molar-refractivity contribution >= 4 is 15.9 Å². The van der Waals surface area contributed by atoms with Crippen molar-refractivity contribution in [3.63, 3.8) is 0 Å². The molecule has 20 heavy (non-hydrogen) atoms. The van der Waals surface area contributed by atoms with Crippen LogP contribution < -0.4 is 5.32 Å². The summed E-state index contributed by atoms with van der Waals surface area (Å²) in [5, 5.41) is 2.64. The van der Waals surface area contributed by atoms with Crippen LogP contribution in [0, 0.1) is 11.6 Å². The van der Waals surface area contributed by atoms with Crippen LogP contribution >= 0.6 is 0 Å². The maximum atomic E-state index is 13.1. The maximum Gasteiger partial charge on any atom is 0.243 e. The van der Waals surface area contributed by atoms with Crippen LogP contribution in [0.1, 0.15) is 12.8 Å². The van der Waals surface area contributed by atoms with Crippen molar-refractivity contribution in [3.05, 3.63) is 29.8 Å². The topological polar surface area (TPSA) is 66.5 Å². The lowest BCUT2D eigenvalue weighted by Crippen LogP contribution is -2.39. The van der Waals surface area contributed by atoms with E-state index in [4.69, 9.17) is 0 Å². The molecule has 1 aliphatic rings. The van der Waals surface area contributed by atoms with Crippen LogP contribution in [-0.2, 0) is 14.8 Å². The summed E-state index contributed by atoms with van der Waals surface area (Å²) in [5.41, 5.74) is 0. The molecule has 1 amide bonds. The van der Waals surface area contributed by atoms with Crippen molar-refractivity contribution < 1.29 is 22.0 Å². The van der Waals surface area contributed by atoms with Crippen molar-refractivity contribution in [3.8, 4) is 0 Å². The largest absolute Gasteiger partial charge is 0.352 e. The summed E-state index contributed by atoms with van der Waals surface area (Å²) in [6.07, 6.45) is 1.77. The van der Waals surface area contributed by atoms with E-state index in [2.05, 4.69) is 5.32 Å². The molecule has 1 fully saturated rings. The standard InChI is InChI=1S/C12H14F2N2O3S/c1-16(7-12(17)15-10-2-3-10)20(18,19)11-5-8(13)4-9(14)6-11/h4-6,10H,2-3,7H2,1H3,(H,15,17). The van der Waals surface area contributed by atoms with Crippen LogP contribution in [0.15, 0.2) is 23.1 Å². The number of amides is 1. The highest BCUT2D eigenvalue weighted by atomic mass is 32.2. The smallest absolute Gasteiger partial charge is 0.243 e. The number of hydrogen-bond donors (Lipinski definition) is 1. The van der Waals surface area contributed by atoms with E-state index in [9.17, 15) is 22.0 Å². The minimum absolute atomic E-state index is 0.116.